The summed E-state index contributed by atoms with van der Waals surface area (Å²) in [5.74, 6) is 0.402. The molecular weight excluding hydrogens is 234 g/mol. The van der Waals surface area contributed by atoms with Gasteiger partial charge in [0.15, 0.2) is 5.78 Å². The summed E-state index contributed by atoms with van der Waals surface area (Å²) in [6.45, 7) is 8.44. The highest BCUT2D eigenvalue weighted by molar-refractivity contribution is 5.86. The second-order valence-electron chi connectivity index (χ2n) is 5.65. The summed E-state index contributed by atoms with van der Waals surface area (Å²) in [4.78, 5) is 14.9. The maximum Gasteiger partial charge on any atom is 0.154 e. The number of carbonyl (C=O) groups is 1. The highest BCUT2D eigenvalue weighted by Gasteiger charge is 2.27. The van der Waals surface area contributed by atoms with Gasteiger partial charge >= 0.3 is 0 Å². The molecule has 1 unspecified atom stereocenters. The molecule has 1 aliphatic heterocycles. The molecule has 0 amide bonds. The second-order valence-corrected chi connectivity index (χ2v) is 5.65. The minimum atomic E-state index is 0.151. The van der Waals surface area contributed by atoms with E-state index >= 15 is 0 Å². The molecule has 1 aromatic rings. The molecule has 0 aliphatic carbocycles. The van der Waals surface area contributed by atoms with E-state index in [2.05, 4.69) is 43.9 Å². The zero-order valence-corrected chi connectivity index (χ0v) is 12.4. The number of Topliss-reactive ketones (excluding diaryl/α,β-unsaturated/α-hetero) is 1. The van der Waals surface area contributed by atoms with E-state index in [4.69, 9.17) is 0 Å². The zero-order valence-electron chi connectivity index (χ0n) is 12.4. The van der Waals surface area contributed by atoms with Crippen LogP contribution in [-0.4, -0.2) is 29.8 Å². The van der Waals surface area contributed by atoms with Crippen molar-refractivity contribution in [3.63, 3.8) is 0 Å². The van der Waals surface area contributed by atoms with Gasteiger partial charge in [-0.3, -0.25) is 9.69 Å². The van der Waals surface area contributed by atoms with Crippen LogP contribution in [0.5, 0.6) is 0 Å². The highest BCUT2D eigenvalue weighted by Crippen LogP contribution is 2.21. The molecule has 1 saturated heterocycles. The van der Waals surface area contributed by atoms with Crippen LogP contribution in [0.3, 0.4) is 0 Å². The minimum Gasteiger partial charge on any atom is -0.298 e. The Hall–Kier alpha value is -1.15. The Balaban J connectivity index is 2.12. The molecule has 2 heteroatoms. The summed E-state index contributed by atoms with van der Waals surface area (Å²) in [5.41, 5.74) is 3.72. The lowest BCUT2D eigenvalue weighted by Crippen LogP contribution is -2.45. The van der Waals surface area contributed by atoms with Gasteiger partial charge in [0.05, 0.1) is 6.04 Å². The minimum absolute atomic E-state index is 0.151. The number of ketones is 1. The largest absolute Gasteiger partial charge is 0.298 e. The van der Waals surface area contributed by atoms with E-state index in [1.165, 1.54) is 29.5 Å². The first-order valence-corrected chi connectivity index (χ1v) is 7.45. The SMILES string of the molecule is CCN1CCCCC1C(=O)Cc1c(C)cccc1C. The summed E-state index contributed by atoms with van der Waals surface area (Å²) < 4.78 is 0. The van der Waals surface area contributed by atoms with Gasteiger partial charge in [-0.2, -0.15) is 0 Å². The van der Waals surface area contributed by atoms with E-state index in [1.807, 2.05) is 0 Å². The fourth-order valence-electron chi connectivity index (χ4n) is 3.15. The van der Waals surface area contributed by atoms with E-state index in [9.17, 15) is 4.79 Å². The van der Waals surface area contributed by atoms with Crippen LogP contribution in [0.2, 0.25) is 0 Å². The molecule has 1 fully saturated rings. The Morgan fingerprint density at radius 2 is 1.95 bits per heavy atom. The number of hydrogen-bond acceptors (Lipinski definition) is 2. The molecule has 1 heterocycles. The molecule has 1 aromatic carbocycles. The van der Waals surface area contributed by atoms with Gasteiger partial charge in [-0.1, -0.05) is 31.5 Å². The number of likely N-dealkylation sites (N-methyl/N-ethyl adjacent to an activating group) is 1. The monoisotopic (exact) mass is 259 g/mol. The van der Waals surface area contributed by atoms with Crippen LogP contribution >= 0.6 is 0 Å². The van der Waals surface area contributed by atoms with Crippen LogP contribution in [0.15, 0.2) is 18.2 Å². The third-order valence-electron chi connectivity index (χ3n) is 4.39. The van der Waals surface area contributed by atoms with Crippen LogP contribution in [0.4, 0.5) is 0 Å². The van der Waals surface area contributed by atoms with E-state index in [-0.39, 0.29) is 6.04 Å². The van der Waals surface area contributed by atoms with E-state index < -0.39 is 0 Å². The zero-order chi connectivity index (χ0) is 13.8. The van der Waals surface area contributed by atoms with Crippen molar-refractivity contribution in [2.24, 2.45) is 0 Å². The summed E-state index contributed by atoms with van der Waals surface area (Å²) in [7, 11) is 0. The van der Waals surface area contributed by atoms with Gasteiger partial charge < -0.3 is 0 Å². The van der Waals surface area contributed by atoms with Gasteiger partial charge in [0, 0.05) is 6.42 Å². The third-order valence-corrected chi connectivity index (χ3v) is 4.39. The Morgan fingerprint density at radius 1 is 1.26 bits per heavy atom. The number of nitrogens with zero attached hydrogens (tertiary/aromatic N) is 1. The Kier molecular flexibility index (Phi) is 4.76. The molecular formula is C17H25NO. The van der Waals surface area contributed by atoms with Crippen molar-refractivity contribution in [1.82, 2.24) is 4.90 Å². The predicted molar refractivity (Wildman–Crippen MR) is 79.5 cm³/mol. The lowest BCUT2D eigenvalue weighted by atomic mass is 9.91. The maximum absolute atomic E-state index is 12.6. The Labute approximate surface area is 116 Å². The first-order chi connectivity index (χ1) is 9.13. The molecule has 0 radical (unpaired) electrons. The summed E-state index contributed by atoms with van der Waals surface area (Å²) >= 11 is 0. The average molecular weight is 259 g/mol. The number of benzene rings is 1. The molecule has 0 saturated carbocycles. The lowest BCUT2D eigenvalue weighted by molar-refractivity contribution is -0.124. The second kappa shape index (κ2) is 6.33. The van der Waals surface area contributed by atoms with Crippen LogP contribution < -0.4 is 0 Å². The van der Waals surface area contributed by atoms with Crippen LogP contribution in [0.25, 0.3) is 0 Å². The Morgan fingerprint density at radius 3 is 2.58 bits per heavy atom. The van der Waals surface area contributed by atoms with Crippen LogP contribution in [-0.2, 0) is 11.2 Å². The predicted octanol–water partition coefficient (Wildman–Crippen LogP) is 3.29. The van der Waals surface area contributed by atoms with Crippen molar-refractivity contribution in [3.8, 4) is 0 Å². The topological polar surface area (TPSA) is 20.3 Å². The Bertz CT molecular complexity index is 432. The maximum atomic E-state index is 12.6. The van der Waals surface area contributed by atoms with Crippen molar-refractivity contribution in [1.29, 1.82) is 0 Å². The van der Waals surface area contributed by atoms with Crippen molar-refractivity contribution in [2.75, 3.05) is 13.1 Å². The molecule has 0 aromatic heterocycles. The van der Waals surface area contributed by atoms with Crippen molar-refractivity contribution in [3.05, 3.63) is 34.9 Å². The molecule has 2 rings (SSSR count). The van der Waals surface area contributed by atoms with Crippen LogP contribution in [0.1, 0.15) is 42.9 Å². The molecule has 0 bridgehead atoms. The quantitative estimate of drug-likeness (QED) is 0.827. The normalized spacial score (nSPS) is 20.5. The van der Waals surface area contributed by atoms with E-state index in [0.717, 1.165) is 19.5 Å². The summed E-state index contributed by atoms with van der Waals surface area (Å²) in [6, 6.07) is 6.43. The molecule has 0 N–H and O–H groups in total. The van der Waals surface area contributed by atoms with Gasteiger partial charge in [-0.25, -0.2) is 0 Å². The number of hydrogen-bond donors (Lipinski definition) is 0. The van der Waals surface area contributed by atoms with Crippen molar-refractivity contribution < 1.29 is 4.79 Å². The number of aryl methyl sites for hydroxylation is 2. The first-order valence-electron chi connectivity index (χ1n) is 7.45. The van der Waals surface area contributed by atoms with Gasteiger partial charge in [0.25, 0.3) is 0 Å². The molecule has 0 spiro atoms. The van der Waals surface area contributed by atoms with Crippen molar-refractivity contribution in [2.45, 2.75) is 52.5 Å². The third kappa shape index (κ3) is 3.24. The number of carbonyl (C=O) groups excluding carboxylic acids is 1. The lowest BCUT2D eigenvalue weighted by Gasteiger charge is -2.34. The number of piperidine rings is 1. The fraction of sp³-hybridized carbons (Fsp3) is 0.588. The standard InChI is InChI=1S/C17H25NO/c1-4-18-11-6-5-10-16(18)17(19)12-15-13(2)8-7-9-14(15)3/h7-9,16H,4-6,10-12H2,1-3H3. The van der Waals surface area contributed by atoms with Gasteiger partial charge in [0.2, 0.25) is 0 Å². The van der Waals surface area contributed by atoms with E-state index in [1.54, 1.807) is 0 Å². The van der Waals surface area contributed by atoms with Gasteiger partial charge in [-0.15, -0.1) is 0 Å². The van der Waals surface area contributed by atoms with E-state index in [0.29, 0.717) is 12.2 Å². The average Bonchev–Trinajstić information content (AvgIpc) is 2.42. The molecule has 104 valence electrons. The van der Waals surface area contributed by atoms with Crippen molar-refractivity contribution >= 4 is 5.78 Å². The molecule has 1 aliphatic rings. The summed E-state index contributed by atoms with van der Waals surface area (Å²) in [6.07, 6.45) is 4.07. The van der Waals surface area contributed by atoms with Gasteiger partial charge in [0.1, 0.15) is 0 Å². The number of rotatable bonds is 4. The van der Waals surface area contributed by atoms with Crippen LogP contribution in [0, 0.1) is 13.8 Å². The molecule has 1 atom stereocenters. The smallest absolute Gasteiger partial charge is 0.154 e. The summed E-state index contributed by atoms with van der Waals surface area (Å²) in [5, 5.41) is 0. The molecule has 19 heavy (non-hydrogen) atoms. The highest BCUT2D eigenvalue weighted by atomic mass is 16.1. The number of likely N-dealkylation sites (tertiary alicyclic amines) is 1. The molecule has 2 nitrogen and oxygen atoms in total. The first kappa shape index (κ1) is 14.3. The fourth-order valence-corrected chi connectivity index (χ4v) is 3.15. The van der Waals surface area contributed by atoms with Gasteiger partial charge in [-0.05, 0) is 56.5 Å².